The lowest BCUT2D eigenvalue weighted by Gasteiger charge is -2.42. The number of ether oxygens (including phenoxy) is 2. The van der Waals surface area contributed by atoms with Crippen molar-refractivity contribution in [3.63, 3.8) is 0 Å². The van der Waals surface area contributed by atoms with Crippen LogP contribution in [0, 0.1) is 5.41 Å². The van der Waals surface area contributed by atoms with Crippen molar-refractivity contribution < 1.29 is 33.3 Å². The minimum Gasteiger partial charge on any atom is -0.478 e. The Kier molecular flexibility index (Phi) is 11.9. The number of carboxylic acid groups (broad SMARTS) is 1. The zero-order chi connectivity index (χ0) is 31.8. The van der Waals surface area contributed by atoms with Crippen LogP contribution in [0.25, 0.3) is 0 Å². The van der Waals surface area contributed by atoms with Crippen LogP contribution >= 0.6 is 22.4 Å². The summed E-state index contributed by atoms with van der Waals surface area (Å²) in [6.45, 7) is 10.3. The summed E-state index contributed by atoms with van der Waals surface area (Å²) >= 11 is 1.42. The molecule has 1 aliphatic heterocycles. The number of nitrogens with one attached hydrogen (secondary N) is 1. The molecule has 0 unspecified atom stereocenters. The van der Waals surface area contributed by atoms with Gasteiger partial charge in [-0.2, -0.15) is 10.6 Å². The van der Waals surface area contributed by atoms with E-state index in [2.05, 4.69) is 24.1 Å². The third-order valence-corrected chi connectivity index (χ3v) is 10.0. The topological polar surface area (TPSA) is 129 Å². The standard InChI is InChI=1S/C32H46N2O7S2/c1-7-9-16-32(17-10-8-2)21-34(24-13-11-23(12-14-24)33-30(37)41-31(3,4)5)25-19-27(42-6)26(40-18-15-29(35)36)20-28(25)43(38,39)22-32/h11-15,18-20,38-39H,7-10,16-17,21-22H2,1-6H3,(H,33,37)(H,35,36)/b18-15+. The maximum absolute atomic E-state index is 12.3. The molecule has 0 spiro atoms. The van der Waals surface area contributed by atoms with Crippen molar-refractivity contribution in [2.45, 2.75) is 88.5 Å². The van der Waals surface area contributed by atoms with Crippen molar-refractivity contribution >= 4 is 51.5 Å². The van der Waals surface area contributed by atoms with Gasteiger partial charge in [0.1, 0.15) is 11.4 Å². The predicted octanol–water partition coefficient (Wildman–Crippen LogP) is 9.36. The summed E-state index contributed by atoms with van der Waals surface area (Å²) in [5, 5.41) is 11.8. The molecule has 2 aromatic rings. The van der Waals surface area contributed by atoms with Crippen LogP contribution in [0.5, 0.6) is 5.75 Å². The van der Waals surface area contributed by atoms with Gasteiger partial charge in [0.2, 0.25) is 0 Å². The highest BCUT2D eigenvalue weighted by Crippen LogP contribution is 2.62. The molecule has 0 atom stereocenters. The van der Waals surface area contributed by atoms with Gasteiger partial charge in [0.25, 0.3) is 0 Å². The molecule has 43 heavy (non-hydrogen) atoms. The van der Waals surface area contributed by atoms with Gasteiger partial charge in [-0.15, -0.1) is 11.8 Å². The second-order valence-corrected chi connectivity index (χ2v) is 14.9. The Bertz CT molecular complexity index is 1280. The number of nitrogens with zero attached hydrogens (tertiary/aromatic N) is 1. The summed E-state index contributed by atoms with van der Waals surface area (Å²) in [5.74, 6) is -0.558. The molecule has 0 aliphatic carbocycles. The van der Waals surface area contributed by atoms with E-state index in [0.29, 0.717) is 28.6 Å². The number of unbranched alkanes of at least 4 members (excludes halogenated alkanes) is 2. The summed E-state index contributed by atoms with van der Waals surface area (Å²) < 4.78 is 34.7. The fourth-order valence-electron chi connectivity index (χ4n) is 5.30. The first-order valence-electron chi connectivity index (χ1n) is 14.6. The van der Waals surface area contributed by atoms with E-state index in [9.17, 15) is 18.7 Å². The van der Waals surface area contributed by atoms with Gasteiger partial charge in [-0.1, -0.05) is 39.5 Å². The van der Waals surface area contributed by atoms with E-state index in [1.54, 1.807) is 6.07 Å². The average molecular weight is 635 g/mol. The minimum atomic E-state index is -3.26. The molecule has 1 amide bonds. The van der Waals surface area contributed by atoms with Gasteiger partial charge in [0.05, 0.1) is 27.8 Å². The van der Waals surface area contributed by atoms with Crippen molar-refractivity contribution in [2.75, 3.05) is 28.8 Å². The van der Waals surface area contributed by atoms with Crippen molar-refractivity contribution in [1.29, 1.82) is 0 Å². The third-order valence-electron chi connectivity index (χ3n) is 7.24. The molecule has 9 nitrogen and oxygen atoms in total. The number of thioether (sulfide) groups is 1. The maximum Gasteiger partial charge on any atom is 0.412 e. The Hall–Kier alpha value is -2.86. The normalized spacial score (nSPS) is 16.7. The monoisotopic (exact) mass is 634 g/mol. The first-order chi connectivity index (χ1) is 20.2. The largest absolute Gasteiger partial charge is 0.478 e. The summed E-state index contributed by atoms with van der Waals surface area (Å²) in [6.07, 6.45) is 8.95. The number of amides is 1. The number of hydrogen-bond acceptors (Lipinski definition) is 8. The zero-order valence-corrected chi connectivity index (χ0v) is 27.6. The van der Waals surface area contributed by atoms with Crippen molar-refractivity contribution in [3.05, 3.63) is 48.7 Å². The number of rotatable bonds is 12. The van der Waals surface area contributed by atoms with Gasteiger partial charge in [-0.3, -0.25) is 14.4 Å². The molecule has 3 rings (SSSR count). The molecule has 1 aliphatic rings. The smallest absolute Gasteiger partial charge is 0.412 e. The molecule has 4 N–H and O–H groups in total. The molecule has 0 saturated heterocycles. The first kappa shape index (κ1) is 34.6. The Morgan fingerprint density at radius 2 is 1.72 bits per heavy atom. The van der Waals surface area contributed by atoms with Gasteiger partial charge in [0, 0.05) is 35.2 Å². The highest BCUT2D eigenvalue weighted by atomic mass is 32.3. The number of carbonyl (C=O) groups is 2. The Balaban J connectivity index is 2.15. The van der Waals surface area contributed by atoms with Gasteiger partial charge in [-0.25, -0.2) is 9.59 Å². The van der Waals surface area contributed by atoms with E-state index in [-0.39, 0.29) is 11.2 Å². The second kappa shape index (κ2) is 14.7. The van der Waals surface area contributed by atoms with Crippen LogP contribution in [0.3, 0.4) is 0 Å². The molecular formula is C32H46N2O7S2. The van der Waals surface area contributed by atoms with Crippen molar-refractivity contribution in [3.8, 4) is 5.75 Å². The number of anilines is 3. The van der Waals surface area contributed by atoms with Crippen LogP contribution in [0.2, 0.25) is 0 Å². The molecule has 0 fully saturated rings. The van der Waals surface area contributed by atoms with E-state index in [4.69, 9.17) is 14.6 Å². The highest BCUT2D eigenvalue weighted by molar-refractivity contribution is 8.24. The van der Waals surface area contributed by atoms with E-state index >= 15 is 0 Å². The number of carboxylic acids is 1. The van der Waals surface area contributed by atoms with E-state index in [0.717, 1.165) is 61.4 Å². The van der Waals surface area contributed by atoms with Crippen LogP contribution < -0.4 is 15.0 Å². The lowest BCUT2D eigenvalue weighted by atomic mass is 9.79. The minimum absolute atomic E-state index is 0.227. The first-order valence-corrected chi connectivity index (χ1v) is 17.6. The molecular weight excluding hydrogens is 588 g/mol. The molecule has 0 radical (unpaired) electrons. The molecule has 1 heterocycles. The molecule has 0 aromatic heterocycles. The third kappa shape index (κ3) is 9.56. The number of benzene rings is 2. The van der Waals surface area contributed by atoms with Crippen molar-refractivity contribution in [2.24, 2.45) is 5.41 Å². The lowest BCUT2D eigenvalue weighted by molar-refractivity contribution is -0.131. The van der Waals surface area contributed by atoms with E-state index in [1.165, 1.54) is 11.8 Å². The fraction of sp³-hybridized carbons (Fsp3) is 0.500. The Morgan fingerprint density at radius 1 is 1.09 bits per heavy atom. The summed E-state index contributed by atoms with van der Waals surface area (Å²) in [6, 6.07) is 11.0. The van der Waals surface area contributed by atoms with E-state index in [1.807, 2.05) is 57.4 Å². The van der Waals surface area contributed by atoms with Crippen LogP contribution in [0.15, 0.2) is 58.5 Å². The average Bonchev–Trinajstić information content (AvgIpc) is 3.01. The maximum atomic E-state index is 12.3. The second-order valence-electron chi connectivity index (χ2n) is 12.0. The molecule has 2 aromatic carbocycles. The lowest BCUT2D eigenvalue weighted by Crippen LogP contribution is -2.37. The number of fused-ring (bicyclic) bond motifs is 1. The summed E-state index contributed by atoms with van der Waals surface area (Å²) in [4.78, 5) is 26.6. The quantitative estimate of drug-likeness (QED) is 0.103. The highest BCUT2D eigenvalue weighted by Gasteiger charge is 2.42. The van der Waals surface area contributed by atoms with Crippen LogP contribution in [0.1, 0.15) is 73.1 Å². The van der Waals surface area contributed by atoms with Crippen LogP contribution in [0.4, 0.5) is 21.9 Å². The molecule has 0 bridgehead atoms. The van der Waals surface area contributed by atoms with Crippen molar-refractivity contribution in [1.82, 2.24) is 0 Å². The Labute approximate surface area is 261 Å². The fourth-order valence-corrected chi connectivity index (χ4v) is 8.03. The number of carbonyl (C=O) groups excluding carboxylic acids is 1. The van der Waals surface area contributed by atoms with Gasteiger partial charge in [0.15, 0.2) is 0 Å². The van der Waals surface area contributed by atoms with Gasteiger partial charge >= 0.3 is 12.1 Å². The Morgan fingerprint density at radius 3 is 2.26 bits per heavy atom. The van der Waals surface area contributed by atoms with Crippen LogP contribution in [-0.4, -0.2) is 50.4 Å². The van der Waals surface area contributed by atoms with Gasteiger partial charge < -0.3 is 19.5 Å². The van der Waals surface area contributed by atoms with E-state index < -0.39 is 28.3 Å². The molecule has 11 heteroatoms. The molecule has 0 saturated carbocycles. The van der Waals surface area contributed by atoms with Crippen LogP contribution in [-0.2, 0) is 9.53 Å². The summed E-state index contributed by atoms with van der Waals surface area (Å²) in [7, 11) is -3.26. The molecule has 238 valence electrons. The van der Waals surface area contributed by atoms with Gasteiger partial charge in [-0.05, 0) is 70.2 Å². The predicted molar refractivity (Wildman–Crippen MR) is 176 cm³/mol. The SMILES string of the molecule is CCCCC1(CCCC)CN(c2ccc(NC(=O)OC(C)(C)C)cc2)c2cc(SC)c(O/C=C/C(=O)O)cc2S(O)(O)C1. The summed E-state index contributed by atoms with van der Waals surface area (Å²) in [5.41, 5.74) is 1.11. The zero-order valence-electron chi connectivity index (χ0n) is 26.0. The number of aliphatic carboxylic acids is 1. The number of hydrogen-bond donors (Lipinski definition) is 4.